The van der Waals surface area contributed by atoms with Gasteiger partial charge < -0.3 is 20.1 Å². The van der Waals surface area contributed by atoms with Crippen LogP contribution in [0.15, 0.2) is 42.7 Å². The molecule has 0 atom stereocenters. The second-order valence-corrected chi connectivity index (χ2v) is 7.10. The van der Waals surface area contributed by atoms with Crippen LogP contribution >= 0.6 is 0 Å². The van der Waals surface area contributed by atoms with Gasteiger partial charge in [-0.25, -0.2) is 9.78 Å². The summed E-state index contributed by atoms with van der Waals surface area (Å²) in [5, 5.41) is 5.71. The van der Waals surface area contributed by atoms with Gasteiger partial charge in [0.15, 0.2) is 0 Å². The number of carbonyl (C=O) groups excluding carboxylic acids is 2. The number of hydrogen-bond donors (Lipinski definition) is 2. The summed E-state index contributed by atoms with van der Waals surface area (Å²) < 4.78 is 1.95. The van der Waals surface area contributed by atoms with Gasteiger partial charge in [0.1, 0.15) is 0 Å². The number of rotatable bonds is 5. The number of amides is 3. The SMILES string of the molecule is Cc1cc(C)cc(NC(=O)NCCn2cnc3cc(C(=O)N(C)C)ccc32)c1. The molecule has 0 fully saturated rings. The fourth-order valence-electron chi connectivity index (χ4n) is 3.15. The average Bonchev–Trinajstić information content (AvgIpc) is 3.02. The van der Waals surface area contributed by atoms with Crippen molar-refractivity contribution in [3.8, 4) is 0 Å². The molecule has 146 valence electrons. The number of nitrogens with one attached hydrogen (secondary N) is 2. The number of aryl methyl sites for hydroxylation is 2. The summed E-state index contributed by atoms with van der Waals surface area (Å²) >= 11 is 0. The van der Waals surface area contributed by atoms with Crippen molar-refractivity contribution in [2.45, 2.75) is 20.4 Å². The van der Waals surface area contributed by atoms with Gasteiger partial charge in [0, 0.05) is 38.4 Å². The Balaban J connectivity index is 1.59. The highest BCUT2D eigenvalue weighted by Gasteiger charge is 2.11. The molecule has 0 aliphatic rings. The Morgan fingerprint density at radius 2 is 1.79 bits per heavy atom. The highest BCUT2D eigenvalue weighted by Crippen LogP contribution is 2.16. The van der Waals surface area contributed by atoms with E-state index in [-0.39, 0.29) is 11.9 Å². The molecule has 7 nitrogen and oxygen atoms in total. The van der Waals surface area contributed by atoms with Gasteiger partial charge in [-0.2, -0.15) is 0 Å². The molecule has 0 spiro atoms. The molecule has 0 saturated carbocycles. The lowest BCUT2D eigenvalue weighted by Gasteiger charge is -2.11. The molecule has 0 bridgehead atoms. The summed E-state index contributed by atoms with van der Waals surface area (Å²) in [6.45, 7) is 5.04. The van der Waals surface area contributed by atoms with Crippen LogP contribution < -0.4 is 10.6 Å². The van der Waals surface area contributed by atoms with Crippen LogP contribution in [0.25, 0.3) is 11.0 Å². The van der Waals surface area contributed by atoms with E-state index in [0.717, 1.165) is 27.8 Å². The van der Waals surface area contributed by atoms with Crippen LogP contribution in [0, 0.1) is 13.8 Å². The molecule has 0 aliphatic carbocycles. The van der Waals surface area contributed by atoms with E-state index in [1.165, 1.54) is 4.90 Å². The van der Waals surface area contributed by atoms with Crippen molar-refractivity contribution in [3.05, 3.63) is 59.4 Å². The molecule has 0 aliphatic heterocycles. The fourth-order valence-corrected chi connectivity index (χ4v) is 3.15. The highest BCUT2D eigenvalue weighted by atomic mass is 16.2. The van der Waals surface area contributed by atoms with E-state index in [0.29, 0.717) is 18.7 Å². The zero-order valence-electron chi connectivity index (χ0n) is 16.6. The van der Waals surface area contributed by atoms with Gasteiger partial charge >= 0.3 is 6.03 Å². The number of carbonyl (C=O) groups is 2. The van der Waals surface area contributed by atoms with E-state index in [4.69, 9.17) is 0 Å². The standard InChI is InChI=1S/C21H25N5O2/c1-14-9-15(2)11-17(10-14)24-21(28)22-7-8-26-13-23-18-12-16(5-6-19(18)26)20(27)25(3)4/h5-6,9-13H,7-8H2,1-4H3,(H2,22,24,28). The van der Waals surface area contributed by atoms with E-state index >= 15 is 0 Å². The number of aromatic nitrogens is 2. The zero-order valence-corrected chi connectivity index (χ0v) is 16.6. The third kappa shape index (κ3) is 4.49. The van der Waals surface area contributed by atoms with Gasteiger partial charge in [-0.15, -0.1) is 0 Å². The normalized spacial score (nSPS) is 10.7. The zero-order chi connectivity index (χ0) is 20.3. The van der Waals surface area contributed by atoms with Crippen molar-refractivity contribution in [1.82, 2.24) is 19.8 Å². The first-order valence-corrected chi connectivity index (χ1v) is 9.13. The summed E-state index contributed by atoms with van der Waals surface area (Å²) in [4.78, 5) is 30.1. The Labute approximate surface area is 164 Å². The Hall–Kier alpha value is -3.35. The molecule has 28 heavy (non-hydrogen) atoms. The van der Waals surface area contributed by atoms with Crippen molar-refractivity contribution in [2.24, 2.45) is 0 Å². The molecule has 3 rings (SSSR count). The molecule has 2 N–H and O–H groups in total. The highest BCUT2D eigenvalue weighted by molar-refractivity contribution is 5.97. The van der Waals surface area contributed by atoms with E-state index in [1.807, 2.05) is 36.6 Å². The molecular formula is C21H25N5O2. The minimum atomic E-state index is -0.242. The van der Waals surface area contributed by atoms with Crippen LogP contribution in [0.2, 0.25) is 0 Å². The monoisotopic (exact) mass is 379 g/mol. The number of hydrogen-bond acceptors (Lipinski definition) is 3. The van der Waals surface area contributed by atoms with E-state index in [9.17, 15) is 9.59 Å². The van der Waals surface area contributed by atoms with Crippen LogP contribution in [-0.4, -0.2) is 47.0 Å². The summed E-state index contributed by atoms with van der Waals surface area (Å²) in [5.41, 5.74) is 5.27. The number of anilines is 1. The molecule has 7 heteroatoms. The number of benzene rings is 2. The first-order valence-electron chi connectivity index (χ1n) is 9.13. The number of fused-ring (bicyclic) bond motifs is 1. The fraction of sp³-hybridized carbons (Fsp3) is 0.286. The second kappa shape index (κ2) is 8.12. The van der Waals surface area contributed by atoms with E-state index in [1.54, 1.807) is 32.6 Å². The maximum atomic E-state index is 12.1. The number of urea groups is 1. The minimum Gasteiger partial charge on any atom is -0.345 e. The quantitative estimate of drug-likeness (QED) is 0.715. The van der Waals surface area contributed by atoms with Crippen LogP contribution in [-0.2, 0) is 6.54 Å². The largest absolute Gasteiger partial charge is 0.345 e. The summed E-state index contributed by atoms with van der Waals surface area (Å²) in [7, 11) is 3.44. The van der Waals surface area contributed by atoms with Gasteiger partial charge in [0.25, 0.3) is 5.91 Å². The molecular weight excluding hydrogens is 354 g/mol. The third-order valence-corrected chi connectivity index (χ3v) is 4.39. The summed E-state index contributed by atoms with van der Waals surface area (Å²) in [5.74, 6) is -0.0545. The third-order valence-electron chi connectivity index (χ3n) is 4.39. The van der Waals surface area contributed by atoms with Crippen LogP contribution in [0.5, 0.6) is 0 Å². The predicted octanol–water partition coefficient (Wildman–Crippen LogP) is 3.18. The average molecular weight is 379 g/mol. The van der Waals surface area contributed by atoms with Gasteiger partial charge in [0.05, 0.1) is 17.4 Å². The number of imidazole rings is 1. The van der Waals surface area contributed by atoms with Gasteiger partial charge in [-0.3, -0.25) is 4.79 Å². The molecule has 0 unspecified atom stereocenters. The Kier molecular flexibility index (Phi) is 5.63. The van der Waals surface area contributed by atoms with Crippen LogP contribution in [0.4, 0.5) is 10.5 Å². The first-order chi connectivity index (χ1) is 13.3. The van der Waals surface area contributed by atoms with Gasteiger partial charge in [-0.05, 0) is 55.3 Å². The van der Waals surface area contributed by atoms with Crippen molar-refractivity contribution < 1.29 is 9.59 Å². The molecule has 2 aromatic carbocycles. The molecule has 1 aromatic heterocycles. The Morgan fingerprint density at radius 3 is 2.46 bits per heavy atom. The molecule has 0 radical (unpaired) electrons. The lowest BCUT2D eigenvalue weighted by Crippen LogP contribution is -2.31. The van der Waals surface area contributed by atoms with Gasteiger partial charge in [-0.1, -0.05) is 6.07 Å². The Morgan fingerprint density at radius 1 is 1.07 bits per heavy atom. The Bertz CT molecular complexity index is 1000. The first kappa shape index (κ1) is 19.4. The minimum absolute atomic E-state index is 0.0545. The smallest absolute Gasteiger partial charge is 0.319 e. The molecule has 3 aromatic rings. The maximum absolute atomic E-state index is 12.1. The van der Waals surface area contributed by atoms with E-state index in [2.05, 4.69) is 21.7 Å². The van der Waals surface area contributed by atoms with E-state index < -0.39 is 0 Å². The molecule has 3 amide bonds. The van der Waals surface area contributed by atoms with Crippen LogP contribution in [0.1, 0.15) is 21.5 Å². The molecule has 1 heterocycles. The van der Waals surface area contributed by atoms with Crippen molar-refractivity contribution in [1.29, 1.82) is 0 Å². The topological polar surface area (TPSA) is 79.3 Å². The summed E-state index contributed by atoms with van der Waals surface area (Å²) in [6, 6.07) is 11.1. The van der Waals surface area contributed by atoms with Crippen molar-refractivity contribution in [3.63, 3.8) is 0 Å². The maximum Gasteiger partial charge on any atom is 0.319 e. The molecule has 0 saturated heterocycles. The second-order valence-electron chi connectivity index (χ2n) is 7.10. The lowest BCUT2D eigenvalue weighted by atomic mass is 10.1. The summed E-state index contributed by atoms with van der Waals surface area (Å²) in [6.07, 6.45) is 1.72. The van der Waals surface area contributed by atoms with Gasteiger partial charge in [0.2, 0.25) is 0 Å². The predicted molar refractivity (Wildman–Crippen MR) is 111 cm³/mol. The van der Waals surface area contributed by atoms with Crippen molar-refractivity contribution >= 4 is 28.7 Å². The number of nitrogens with zero attached hydrogens (tertiary/aromatic N) is 3. The van der Waals surface area contributed by atoms with Crippen molar-refractivity contribution in [2.75, 3.05) is 26.0 Å². The van der Waals surface area contributed by atoms with Crippen LogP contribution in [0.3, 0.4) is 0 Å². The lowest BCUT2D eigenvalue weighted by molar-refractivity contribution is 0.0827.